The number of imidazole rings is 2. The zero-order chi connectivity index (χ0) is 33.3. The molecule has 0 radical (unpaired) electrons. The van der Waals surface area contributed by atoms with E-state index in [4.69, 9.17) is 10.1 Å². The molecule has 5 heterocycles. The summed E-state index contributed by atoms with van der Waals surface area (Å²) in [6.45, 7) is 5.53. The van der Waals surface area contributed by atoms with Crippen LogP contribution < -0.4 is 5.32 Å². The third-order valence-electron chi connectivity index (χ3n) is 8.74. The molecular weight excluding hydrogens is 612 g/mol. The topological polar surface area (TPSA) is 160 Å². The number of hydrogen-bond acceptors (Lipinski definition) is 7. The Bertz CT molecular complexity index is 2510. The molecule has 0 amide bonds. The monoisotopic (exact) mass is 646 g/mol. The highest BCUT2D eigenvalue weighted by Gasteiger charge is 2.15. The number of rotatable bonds is 7. The summed E-state index contributed by atoms with van der Waals surface area (Å²) in [6.07, 6.45) is 3.77. The molecule has 0 aliphatic rings. The molecule has 0 fully saturated rings. The zero-order valence-corrected chi connectivity index (χ0v) is 27.0. The van der Waals surface area contributed by atoms with Crippen LogP contribution in [0.25, 0.3) is 78.0 Å². The molecule has 0 atom stereocenters. The Balaban J connectivity index is 0.000000157. The standard InChI is InChI=1S/C23H22N6O.C15H12N4/c1-14-16(11-24-8-9-30)12-25-13-18(14)15-6-7-19-17(10-15)22(29-28-19)23-26-20-4-2-3-5-21(20)27-23;1-9-6-7-10-13(8-9)18-19-14(10)15-16-11-4-2-3-5-12(11)17-15/h2-7,10,12-13,24,30H,8-9,11H2,1H3,(H,26,27)(H,28,29);2-8H,1H3,(H,16,17)(H,18,19). The highest BCUT2D eigenvalue weighted by atomic mass is 16.3. The second-order valence-corrected chi connectivity index (χ2v) is 12.0. The van der Waals surface area contributed by atoms with Gasteiger partial charge in [0.25, 0.3) is 0 Å². The summed E-state index contributed by atoms with van der Waals surface area (Å²) in [4.78, 5) is 20.4. The number of aliphatic hydroxyl groups excluding tert-OH is 1. The van der Waals surface area contributed by atoms with Crippen LogP contribution in [0.15, 0.2) is 97.3 Å². The number of hydrogen-bond donors (Lipinski definition) is 6. The molecule has 4 aromatic carbocycles. The Morgan fingerprint density at radius 2 is 1.35 bits per heavy atom. The number of aliphatic hydroxyl groups is 1. The van der Waals surface area contributed by atoms with Crippen LogP contribution in [-0.4, -0.2) is 63.6 Å². The van der Waals surface area contributed by atoms with E-state index in [1.165, 1.54) is 11.1 Å². The molecule has 0 saturated heterocycles. The molecule has 9 rings (SSSR count). The third-order valence-corrected chi connectivity index (χ3v) is 8.74. The highest BCUT2D eigenvalue weighted by molar-refractivity contribution is 5.96. The number of para-hydroxylation sites is 4. The van der Waals surface area contributed by atoms with Gasteiger partial charge in [-0.2, -0.15) is 10.2 Å². The van der Waals surface area contributed by atoms with Gasteiger partial charge < -0.3 is 20.4 Å². The average molecular weight is 647 g/mol. The van der Waals surface area contributed by atoms with E-state index >= 15 is 0 Å². The SMILES string of the molecule is Cc1c(CNCCO)cncc1-c1ccc2[nH]nc(-c3nc4ccccc4[nH]3)c2c1.Cc1ccc2c(-c3nc4ccccc4[nH]3)n[nH]c2c1. The molecule has 242 valence electrons. The van der Waals surface area contributed by atoms with Crippen LogP contribution in [0.5, 0.6) is 0 Å². The van der Waals surface area contributed by atoms with Gasteiger partial charge in [0.2, 0.25) is 0 Å². The maximum atomic E-state index is 9.00. The van der Waals surface area contributed by atoms with E-state index in [0.717, 1.165) is 83.6 Å². The number of H-pyrrole nitrogens is 4. The van der Waals surface area contributed by atoms with Crippen molar-refractivity contribution in [2.24, 2.45) is 0 Å². The predicted molar refractivity (Wildman–Crippen MR) is 194 cm³/mol. The molecular formula is C38H34N10O. The molecule has 11 heteroatoms. The molecule has 0 aliphatic heterocycles. The smallest absolute Gasteiger partial charge is 0.159 e. The maximum Gasteiger partial charge on any atom is 0.159 e. The van der Waals surface area contributed by atoms with Gasteiger partial charge in [0.15, 0.2) is 11.6 Å². The van der Waals surface area contributed by atoms with E-state index in [1.807, 2.05) is 67.0 Å². The lowest BCUT2D eigenvalue weighted by atomic mass is 9.98. The van der Waals surface area contributed by atoms with Crippen molar-refractivity contribution >= 4 is 43.9 Å². The minimum Gasteiger partial charge on any atom is -0.395 e. The first-order valence-corrected chi connectivity index (χ1v) is 16.1. The number of aromatic nitrogens is 9. The van der Waals surface area contributed by atoms with E-state index in [2.05, 4.69) is 89.8 Å². The Labute approximate surface area is 280 Å². The summed E-state index contributed by atoms with van der Waals surface area (Å²) in [5.74, 6) is 1.55. The highest BCUT2D eigenvalue weighted by Crippen LogP contribution is 2.32. The van der Waals surface area contributed by atoms with Crippen molar-refractivity contribution in [3.8, 4) is 34.2 Å². The van der Waals surface area contributed by atoms with E-state index in [1.54, 1.807) is 0 Å². The fourth-order valence-electron chi connectivity index (χ4n) is 6.15. The van der Waals surface area contributed by atoms with Gasteiger partial charge in [0, 0.05) is 41.8 Å². The van der Waals surface area contributed by atoms with Crippen LogP contribution in [0.3, 0.4) is 0 Å². The molecule has 0 bridgehead atoms. The lowest BCUT2D eigenvalue weighted by Crippen LogP contribution is -2.18. The van der Waals surface area contributed by atoms with Crippen LogP contribution >= 0.6 is 0 Å². The van der Waals surface area contributed by atoms with Gasteiger partial charge >= 0.3 is 0 Å². The van der Waals surface area contributed by atoms with Gasteiger partial charge in [0.05, 0.1) is 39.7 Å². The van der Waals surface area contributed by atoms with Crippen LogP contribution in [0.4, 0.5) is 0 Å². The normalized spacial score (nSPS) is 11.5. The average Bonchev–Trinajstić information content (AvgIpc) is 3.92. The number of fused-ring (bicyclic) bond motifs is 4. The van der Waals surface area contributed by atoms with Crippen LogP contribution in [0.1, 0.15) is 16.7 Å². The largest absolute Gasteiger partial charge is 0.395 e. The molecule has 0 spiro atoms. The van der Waals surface area contributed by atoms with Crippen molar-refractivity contribution in [1.82, 2.24) is 50.6 Å². The van der Waals surface area contributed by atoms with Gasteiger partial charge in [-0.15, -0.1) is 0 Å². The molecule has 11 nitrogen and oxygen atoms in total. The number of nitrogens with zero attached hydrogens (tertiary/aromatic N) is 5. The first kappa shape index (κ1) is 30.2. The van der Waals surface area contributed by atoms with Gasteiger partial charge in [-0.1, -0.05) is 42.5 Å². The second-order valence-electron chi connectivity index (χ2n) is 12.0. The zero-order valence-electron chi connectivity index (χ0n) is 27.0. The van der Waals surface area contributed by atoms with Gasteiger partial charge in [-0.3, -0.25) is 15.2 Å². The quantitative estimate of drug-likeness (QED) is 0.102. The molecule has 0 saturated carbocycles. The molecule has 49 heavy (non-hydrogen) atoms. The summed E-state index contributed by atoms with van der Waals surface area (Å²) in [5.41, 5.74) is 13.2. The van der Waals surface area contributed by atoms with E-state index in [9.17, 15) is 0 Å². The van der Waals surface area contributed by atoms with Gasteiger partial charge in [-0.05, 0) is 78.6 Å². The Morgan fingerprint density at radius 3 is 2.04 bits per heavy atom. The second kappa shape index (κ2) is 12.8. The first-order chi connectivity index (χ1) is 24.1. The van der Waals surface area contributed by atoms with E-state index in [0.29, 0.717) is 13.1 Å². The van der Waals surface area contributed by atoms with Crippen LogP contribution in [-0.2, 0) is 6.54 Å². The number of nitrogens with one attached hydrogen (secondary N) is 5. The summed E-state index contributed by atoms with van der Waals surface area (Å²) in [7, 11) is 0. The van der Waals surface area contributed by atoms with Crippen molar-refractivity contribution < 1.29 is 5.11 Å². The molecule has 9 aromatic rings. The number of aryl methyl sites for hydroxylation is 1. The summed E-state index contributed by atoms with van der Waals surface area (Å²) >= 11 is 0. The van der Waals surface area contributed by atoms with E-state index < -0.39 is 0 Å². The van der Waals surface area contributed by atoms with Gasteiger partial charge in [-0.25, -0.2) is 9.97 Å². The molecule has 6 N–H and O–H groups in total. The number of aromatic amines is 4. The number of pyridine rings is 1. The Hall–Kier alpha value is -6.17. The summed E-state index contributed by atoms with van der Waals surface area (Å²) in [6, 6.07) is 28.5. The van der Waals surface area contributed by atoms with Crippen molar-refractivity contribution in [2.75, 3.05) is 13.2 Å². The fourth-order valence-corrected chi connectivity index (χ4v) is 6.15. The van der Waals surface area contributed by atoms with Crippen molar-refractivity contribution in [3.63, 3.8) is 0 Å². The summed E-state index contributed by atoms with van der Waals surface area (Å²) < 4.78 is 0. The van der Waals surface area contributed by atoms with Crippen LogP contribution in [0.2, 0.25) is 0 Å². The Kier molecular flexibility index (Phi) is 7.88. The number of benzene rings is 4. The minimum atomic E-state index is 0.119. The lowest BCUT2D eigenvalue weighted by Gasteiger charge is -2.12. The van der Waals surface area contributed by atoms with Gasteiger partial charge in [0.1, 0.15) is 11.4 Å². The van der Waals surface area contributed by atoms with Crippen molar-refractivity contribution in [2.45, 2.75) is 20.4 Å². The predicted octanol–water partition coefficient (Wildman–Crippen LogP) is 6.97. The third kappa shape index (κ3) is 5.81. The fraction of sp³-hybridized carbons (Fsp3) is 0.132. The molecule has 5 aromatic heterocycles. The maximum absolute atomic E-state index is 9.00. The van der Waals surface area contributed by atoms with Crippen LogP contribution in [0, 0.1) is 13.8 Å². The van der Waals surface area contributed by atoms with Crippen molar-refractivity contribution in [3.05, 3.63) is 114 Å². The molecule has 0 aliphatic carbocycles. The molecule has 0 unspecified atom stereocenters. The first-order valence-electron chi connectivity index (χ1n) is 16.1. The lowest BCUT2D eigenvalue weighted by molar-refractivity contribution is 0.292. The minimum absolute atomic E-state index is 0.119. The van der Waals surface area contributed by atoms with E-state index in [-0.39, 0.29) is 6.61 Å². The van der Waals surface area contributed by atoms with Crippen molar-refractivity contribution in [1.29, 1.82) is 0 Å². The summed E-state index contributed by atoms with van der Waals surface area (Å²) in [5, 5.41) is 29.4. The Morgan fingerprint density at radius 1 is 0.673 bits per heavy atom.